The van der Waals surface area contributed by atoms with Crippen molar-refractivity contribution in [1.29, 1.82) is 0 Å². The largest absolute Gasteiger partial charge is 0.489 e. The number of hydrogen-bond donors (Lipinski definition) is 2. The van der Waals surface area contributed by atoms with Gasteiger partial charge < -0.3 is 10.1 Å². The van der Waals surface area contributed by atoms with E-state index in [0.717, 1.165) is 37.2 Å². The number of benzene rings is 2. The summed E-state index contributed by atoms with van der Waals surface area (Å²) in [6, 6.07) is 17.2. The zero-order valence-corrected chi connectivity index (χ0v) is 16.4. The monoisotopic (exact) mass is 393 g/mol. The third kappa shape index (κ3) is 4.77. The number of carbonyl (C=O) groups excluding carboxylic acids is 1. The molecule has 0 aliphatic carbocycles. The molecule has 0 atom stereocenters. The summed E-state index contributed by atoms with van der Waals surface area (Å²) in [5.74, 6) is 1.13. The Hall–Kier alpha value is -2.70. The second-order valence-electron chi connectivity index (χ2n) is 6.84. The molecule has 2 heterocycles. The number of amides is 1. The first-order valence-electron chi connectivity index (χ1n) is 9.52. The minimum Gasteiger partial charge on any atom is -0.489 e. The van der Waals surface area contributed by atoms with Crippen LogP contribution in [0.15, 0.2) is 60.8 Å². The molecular formula is C22H23N3O2S. The molecule has 3 aromatic rings. The van der Waals surface area contributed by atoms with Crippen LogP contribution in [0.25, 0.3) is 0 Å². The number of carbonyl (C=O) groups is 1. The van der Waals surface area contributed by atoms with Crippen LogP contribution in [0.1, 0.15) is 39.6 Å². The molecule has 0 saturated carbocycles. The topological polar surface area (TPSA) is 63.2 Å². The third-order valence-corrected chi connectivity index (χ3v) is 5.93. The van der Waals surface area contributed by atoms with Crippen molar-refractivity contribution in [2.45, 2.75) is 25.4 Å². The van der Waals surface area contributed by atoms with Gasteiger partial charge in [0.15, 0.2) is 5.13 Å². The van der Waals surface area contributed by atoms with Crippen LogP contribution >= 0.6 is 11.3 Å². The van der Waals surface area contributed by atoms with E-state index >= 15 is 0 Å². The highest BCUT2D eigenvalue weighted by Crippen LogP contribution is 2.31. The second-order valence-corrected chi connectivity index (χ2v) is 7.91. The number of ether oxygens (including phenoxy) is 1. The van der Waals surface area contributed by atoms with Crippen LogP contribution in [-0.4, -0.2) is 24.0 Å². The van der Waals surface area contributed by atoms with Crippen LogP contribution in [0, 0.1) is 0 Å². The van der Waals surface area contributed by atoms with Crippen molar-refractivity contribution in [1.82, 2.24) is 10.3 Å². The number of thiazole rings is 1. The zero-order chi connectivity index (χ0) is 19.2. The SMILES string of the molecule is O=C(Nc1ncc(C2CCNCC2)s1)c1ccc(OCc2ccccc2)cc1. The highest BCUT2D eigenvalue weighted by molar-refractivity contribution is 7.15. The number of rotatable bonds is 6. The zero-order valence-electron chi connectivity index (χ0n) is 15.6. The van der Waals surface area contributed by atoms with Gasteiger partial charge in [-0.05, 0) is 61.7 Å². The van der Waals surface area contributed by atoms with Gasteiger partial charge in [-0.2, -0.15) is 0 Å². The molecule has 144 valence electrons. The van der Waals surface area contributed by atoms with Crippen LogP contribution in [0.2, 0.25) is 0 Å². The molecule has 6 heteroatoms. The molecule has 0 bridgehead atoms. The third-order valence-electron chi connectivity index (χ3n) is 4.85. The first kappa shape index (κ1) is 18.7. The van der Waals surface area contributed by atoms with Crippen molar-refractivity contribution >= 4 is 22.4 Å². The first-order chi connectivity index (χ1) is 13.8. The number of nitrogens with zero attached hydrogens (tertiary/aromatic N) is 1. The van der Waals surface area contributed by atoms with Gasteiger partial charge in [0.05, 0.1) is 0 Å². The van der Waals surface area contributed by atoms with Crippen molar-refractivity contribution in [3.8, 4) is 5.75 Å². The van der Waals surface area contributed by atoms with Gasteiger partial charge in [-0.15, -0.1) is 11.3 Å². The lowest BCUT2D eigenvalue weighted by Gasteiger charge is -2.20. The van der Waals surface area contributed by atoms with Crippen molar-refractivity contribution < 1.29 is 9.53 Å². The van der Waals surface area contributed by atoms with E-state index in [1.54, 1.807) is 23.5 Å². The van der Waals surface area contributed by atoms with Crippen molar-refractivity contribution in [2.75, 3.05) is 18.4 Å². The predicted molar refractivity (Wildman–Crippen MR) is 112 cm³/mol. The lowest BCUT2D eigenvalue weighted by atomic mass is 9.97. The summed E-state index contributed by atoms with van der Waals surface area (Å²) in [6.07, 6.45) is 4.15. The van der Waals surface area contributed by atoms with Crippen LogP contribution in [0.4, 0.5) is 5.13 Å². The average Bonchev–Trinajstić information content (AvgIpc) is 3.22. The van der Waals surface area contributed by atoms with Gasteiger partial charge in [0.1, 0.15) is 12.4 Å². The summed E-state index contributed by atoms with van der Waals surface area (Å²) in [7, 11) is 0. The summed E-state index contributed by atoms with van der Waals surface area (Å²) < 4.78 is 5.77. The predicted octanol–water partition coefficient (Wildman–Crippen LogP) is 4.44. The Morgan fingerprint density at radius 2 is 1.86 bits per heavy atom. The van der Waals surface area contributed by atoms with Gasteiger partial charge in [-0.1, -0.05) is 30.3 Å². The van der Waals surface area contributed by atoms with E-state index < -0.39 is 0 Å². The van der Waals surface area contributed by atoms with E-state index in [1.165, 1.54) is 4.88 Å². The van der Waals surface area contributed by atoms with Gasteiger partial charge >= 0.3 is 0 Å². The van der Waals surface area contributed by atoms with E-state index in [0.29, 0.717) is 23.2 Å². The molecule has 4 rings (SSSR count). The first-order valence-corrected chi connectivity index (χ1v) is 10.3. The molecule has 1 saturated heterocycles. The molecule has 1 aliphatic rings. The number of hydrogen-bond acceptors (Lipinski definition) is 5. The van der Waals surface area contributed by atoms with Crippen molar-refractivity contribution in [2.24, 2.45) is 0 Å². The molecule has 1 amide bonds. The lowest BCUT2D eigenvalue weighted by Crippen LogP contribution is -2.26. The van der Waals surface area contributed by atoms with Gasteiger partial charge in [0.2, 0.25) is 0 Å². The molecule has 0 radical (unpaired) electrons. The Bertz CT molecular complexity index is 903. The number of aromatic nitrogens is 1. The van der Waals surface area contributed by atoms with Gasteiger partial charge in [-0.3, -0.25) is 10.1 Å². The fourth-order valence-corrected chi connectivity index (χ4v) is 4.23. The second kappa shape index (κ2) is 8.99. The smallest absolute Gasteiger partial charge is 0.257 e. The van der Waals surface area contributed by atoms with Gasteiger partial charge in [0, 0.05) is 16.6 Å². The molecule has 1 fully saturated rings. The Morgan fingerprint density at radius 3 is 2.61 bits per heavy atom. The molecule has 0 unspecified atom stereocenters. The normalized spacial score (nSPS) is 14.6. The van der Waals surface area contributed by atoms with Gasteiger partial charge in [-0.25, -0.2) is 4.98 Å². The molecule has 2 N–H and O–H groups in total. The molecular weight excluding hydrogens is 370 g/mol. The minimum atomic E-state index is -0.152. The van der Waals surface area contributed by atoms with Crippen LogP contribution < -0.4 is 15.4 Å². The van der Waals surface area contributed by atoms with Crippen LogP contribution in [-0.2, 0) is 6.61 Å². The maximum Gasteiger partial charge on any atom is 0.257 e. The number of anilines is 1. The Morgan fingerprint density at radius 1 is 1.11 bits per heavy atom. The molecule has 0 spiro atoms. The standard InChI is InChI=1S/C22H23N3O2S/c26-21(25-22-24-14-20(28-22)17-10-12-23-13-11-17)18-6-8-19(9-7-18)27-15-16-4-2-1-3-5-16/h1-9,14,17,23H,10-13,15H2,(H,24,25,26). The molecule has 1 aliphatic heterocycles. The van der Waals surface area contributed by atoms with E-state index in [2.05, 4.69) is 15.6 Å². The van der Waals surface area contributed by atoms with E-state index in [9.17, 15) is 4.79 Å². The van der Waals surface area contributed by atoms with Crippen molar-refractivity contribution in [3.05, 3.63) is 76.8 Å². The van der Waals surface area contributed by atoms with E-state index in [1.807, 2.05) is 48.7 Å². The fourth-order valence-electron chi connectivity index (χ4n) is 3.25. The molecule has 28 heavy (non-hydrogen) atoms. The van der Waals surface area contributed by atoms with E-state index in [-0.39, 0.29) is 5.91 Å². The van der Waals surface area contributed by atoms with E-state index in [4.69, 9.17) is 4.74 Å². The fraction of sp³-hybridized carbons (Fsp3) is 0.273. The summed E-state index contributed by atoms with van der Waals surface area (Å²) >= 11 is 1.58. The molecule has 5 nitrogen and oxygen atoms in total. The molecule has 1 aromatic heterocycles. The maximum absolute atomic E-state index is 12.5. The quantitative estimate of drug-likeness (QED) is 0.650. The number of piperidine rings is 1. The summed E-state index contributed by atoms with van der Waals surface area (Å²) in [4.78, 5) is 18.1. The highest BCUT2D eigenvalue weighted by Gasteiger charge is 2.18. The lowest BCUT2D eigenvalue weighted by molar-refractivity contribution is 0.102. The Labute approximate surface area is 168 Å². The number of nitrogens with one attached hydrogen (secondary N) is 2. The molecule has 2 aromatic carbocycles. The van der Waals surface area contributed by atoms with Gasteiger partial charge in [0.25, 0.3) is 5.91 Å². The highest BCUT2D eigenvalue weighted by atomic mass is 32.1. The maximum atomic E-state index is 12.5. The van der Waals surface area contributed by atoms with Crippen molar-refractivity contribution in [3.63, 3.8) is 0 Å². The van der Waals surface area contributed by atoms with Crippen LogP contribution in [0.5, 0.6) is 5.75 Å². The summed E-state index contributed by atoms with van der Waals surface area (Å²) in [6.45, 7) is 2.59. The summed E-state index contributed by atoms with van der Waals surface area (Å²) in [5, 5.41) is 6.93. The Kier molecular flexibility index (Phi) is 5.99. The average molecular weight is 394 g/mol. The summed E-state index contributed by atoms with van der Waals surface area (Å²) in [5.41, 5.74) is 1.70. The Balaban J connectivity index is 1.32. The minimum absolute atomic E-state index is 0.152. The van der Waals surface area contributed by atoms with Crippen LogP contribution in [0.3, 0.4) is 0 Å².